The fourth-order valence-electron chi connectivity index (χ4n) is 0.735. The van der Waals surface area contributed by atoms with Gasteiger partial charge in [0.2, 0.25) is 0 Å². The Morgan fingerprint density at radius 1 is 1.30 bits per heavy atom. The highest BCUT2D eigenvalue weighted by atomic mass is 28.3. The van der Waals surface area contributed by atoms with Gasteiger partial charge in [-0.15, -0.1) is 0 Å². The monoisotopic (exact) mass is 162 g/mol. The summed E-state index contributed by atoms with van der Waals surface area (Å²) < 4.78 is 0. The lowest BCUT2D eigenvalue weighted by molar-refractivity contribution is 0.0907. The second-order valence-corrected chi connectivity index (χ2v) is 9.55. The summed E-state index contributed by atoms with van der Waals surface area (Å²) in [5.74, 6) is 0. The Balaban J connectivity index is 3.94. The van der Waals surface area contributed by atoms with Gasteiger partial charge in [-0.25, -0.2) is 0 Å². The van der Waals surface area contributed by atoms with Crippen LogP contribution in [-0.4, -0.2) is 31.0 Å². The lowest BCUT2D eigenvalue weighted by Crippen LogP contribution is -2.36. The van der Waals surface area contributed by atoms with Gasteiger partial charge in [0, 0.05) is 0 Å². The molecule has 0 heterocycles. The van der Waals surface area contributed by atoms with Crippen molar-refractivity contribution in [3.05, 3.63) is 0 Å². The summed E-state index contributed by atoms with van der Waals surface area (Å²) in [4.78, 5) is 0. The molecule has 0 fully saturated rings. The summed E-state index contributed by atoms with van der Waals surface area (Å²) in [7, 11) is -1.25. The number of hydrogen-bond donors (Lipinski definition) is 2. The van der Waals surface area contributed by atoms with Crippen LogP contribution in [0.5, 0.6) is 0 Å². The van der Waals surface area contributed by atoms with Gasteiger partial charge in [-0.1, -0.05) is 26.6 Å². The normalized spacial score (nSPS) is 18.6. The maximum absolute atomic E-state index is 9.25. The lowest BCUT2D eigenvalue weighted by atomic mass is 10.3. The molecule has 0 spiro atoms. The minimum Gasteiger partial charge on any atom is -0.394 e. The molecule has 0 aliphatic heterocycles. The fraction of sp³-hybridized carbons (Fsp3) is 1.00. The second-order valence-electron chi connectivity index (χ2n) is 3.90. The highest BCUT2D eigenvalue weighted by Gasteiger charge is 2.27. The largest absolute Gasteiger partial charge is 0.394 e. The number of aliphatic hydroxyl groups is 2. The maximum atomic E-state index is 9.25. The van der Waals surface area contributed by atoms with Crippen molar-refractivity contribution in [2.75, 3.05) is 6.61 Å². The van der Waals surface area contributed by atoms with Crippen molar-refractivity contribution >= 4 is 8.07 Å². The molecule has 3 heteroatoms. The van der Waals surface area contributed by atoms with Crippen molar-refractivity contribution in [1.29, 1.82) is 0 Å². The Morgan fingerprint density at radius 2 is 1.70 bits per heavy atom. The molecule has 0 saturated heterocycles. The van der Waals surface area contributed by atoms with Crippen LogP contribution in [0.3, 0.4) is 0 Å². The van der Waals surface area contributed by atoms with Gasteiger partial charge in [0.25, 0.3) is 0 Å². The Bertz CT molecular complexity index is 98.3. The summed E-state index contributed by atoms with van der Waals surface area (Å²) in [5, 5.41) is 17.9. The van der Waals surface area contributed by atoms with E-state index in [2.05, 4.69) is 19.6 Å². The first kappa shape index (κ1) is 10.1. The van der Waals surface area contributed by atoms with Gasteiger partial charge in [-0.2, -0.15) is 0 Å². The summed E-state index contributed by atoms with van der Waals surface area (Å²) in [6, 6.07) is 0. The van der Waals surface area contributed by atoms with E-state index in [1.807, 2.05) is 6.92 Å². The van der Waals surface area contributed by atoms with E-state index in [4.69, 9.17) is 5.11 Å². The average molecular weight is 162 g/mol. The van der Waals surface area contributed by atoms with Gasteiger partial charge in [-0.3, -0.25) is 0 Å². The molecule has 0 aromatic carbocycles. The lowest BCUT2D eigenvalue weighted by Gasteiger charge is -2.28. The van der Waals surface area contributed by atoms with Gasteiger partial charge in [-0.05, 0) is 5.54 Å². The van der Waals surface area contributed by atoms with Crippen molar-refractivity contribution in [1.82, 2.24) is 0 Å². The van der Waals surface area contributed by atoms with Crippen LogP contribution in [0.25, 0.3) is 0 Å². The van der Waals surface area contributed by atoms with E-state index in [1.54, 1.807) is 0 Å². The second kappa shape index (κ2) is 3.51. The van der Waals surface area contributed by atoms with E-state index < -0.39 is 14.2 Å². The quantitative estimate of drug-likeness (QED) is 0.609. The van der Waals surface area contributed by atoms with E-state index in [9.17, 15) is 5.11 Å². The van der Waals surface area contributed by atoms with Crippen LogP contribution in [0, 0.1) is 0 Å². The Labute approximate surface area is 63.9 Å². The van der Waals surface area contributed by atoms with Gasteiger partial charge >= 0.3 is 0 Å². The Hall–Kier alpha value is 0.137. The minimum absolute atomic E-state index is 0.106. The molecule has 62 valence electrons. The average Bonchev–Trinajstić information content (AvgIpc) is 1.83. The van der Waals surface area contributed by atoms with Gasteiger partial charge in [0.1, 0.15) is 0 Å². The molecule has 0 aliphatic rings. The first-order valence-corrected chi connectivity index (χ1v) is 7.26. The molecule has 0 aromatic rings. The van der Waals surface area contributed by atoms with Crippen molar-refractivity contribution in [3.63, 3.8) is 0 Å². The molecule has 0 amide bonds. The van der Waals surface area contributed by atoms with E-state index >= 15 is 0 Å². The molecule has 2 unspecified atom stereocenters. The standard InChI is InChI=1S/C7H18O2Si/c1-6(7(9)5-8)10(2,3)4/h6-9H,5H2,1-4H3. The zero-order chi connectivity index (χ0) is 8.36. The molecule has 2 atom stereocenters. The molecule has 0 aliphatic carbocycles. The molecule has 2 N–H and O–H groups in total. The maximum Gasteiger partial charge on any atom is 0.0772 e. The molecule has 0 saturated carbocycles. The van der Waals surface area contributed by atoms with Crippen LogP contribution in [0.15, 0.2) is 0 Å². The predicted octanol–water partition coefficient (Wildman–Crippen LogP) is 1.07. The van der Waals surface area contributed by atoms with E-state index in [0.717, 1.165) is 0 Å². The molecule has 0 rings (SSSR count). The minimum atomic E-state index is -1.25. The zero-order valence-electron chi connectivity index (χ0n) is 7.26. The first-order valence-electron chi connectivity index (χ1n) is 3.68. The first-order chi connectivity index (χ1) is 4.39. The van der Waals surface area contributed by atoms with Gasteiger partial charge in [0.15, 0.2) is 0 Å². The van der Waals surface area contributed by atoms with Crippen molar-refractivity contribution in [2.24, 2.45) is 0 Å². The van der Waals surface area contributed by atoms with Crippen molar-refractivity contribution in [3.8, 4) is 0 Å². The van der Waals surface area contributed by atoms with Crippen LogP contribution >= 0.6 is 0 Å². The molecular formula is C7H18O2Si. The van der Waals surface area contributed by atoms with E-state index in [-0.39, 0.29) is 12.1 Å². The third kappa shape index (κ3) is 2.81. The smallest absolute Gasteiger partial charge is 0.0772 e. The summed E-state index contributed by atoms with van der Waals surface area (Å²) in [6.45, 7) is 8.47. The highest BCUT2D eigenvalue weighted by molar-refractivity contribution is 6.77. The Kier molecular flexibility index (Phi) is 3.55. The third-order valence-corrected chi connectivity index (χ3v) is 5.25. The summed E-state index contributed by atoms with van der Waals surface area (Å²) in [5.41, 5.74) is 0.275. The number of hydrogen-bond acceptors (Lipinski definition) is 2. The molecule has 0 aromatic heterocycles. The predicted molar refractivity (Wildman–Crippen MR) is 45.9 cm³/mol. The van der Waals surface area contributed by atoms with Crippen LogP contribution in [0.1, 0.15) is 6.92 Å². The van der Waals surface area contributed by atoms with Gasteiger partial charge in [0.05, 0.1) is 20.8 Å². The van der Waals surface area contributed by atoms with E-state index in [1.165, 1.54) is 0 Å². The van der Waals surface area contributed by atoms with Crippen LogP contribution in [-0.2, 0) is 0 Å². The molecule has 0 radical (unpaired) electrons. The van der Waals surface area contributed by atoms with E-state index in [0.29, 0.717) is 0 Å². The van der Waals surface area contributed by atoms with Crippen molar-refractivity contribution < 1.29 is 10.2 Å². The summed E-state index contributed by atoms with van der Waals surface area (Å²) in [6.07, 6.45) is -0.522. The van der Waals surface area contributed by atoms with Crippen LogP contribution in [0.2, 0.25) is 25.2 Å². The fourth-order valence-corrected chi connectivity index (χ4v) is 2.00. The van der Waals surface area contributed by atoms with Gasteiger partial charge < -0.3 is 10.2 Å². The molecular weight excluding hydrogens is 144 g/mol. The Morgan fingerprint density at radius 3 is 1.80 bits per heavy atom. The highest BCUT2D eigenvalue weighted by Crippen LogP contribution is 2.24. The van der Waals surface area contributed by atoms with Crippen molar-refractivity contribution in [2.45, 2.75) is 38.2 Å². The zero-order valence-corrected chi connectivity index (χ0v) is 8.26. The molecule has 2 nitrogen and oxygen atoms in total. The third-order valence-electron chi connectivity index (χ3n) is 2.13. The number of rotatable bonds is 3. The SMILES string of the molecule is CC(C(O)CO)[Si](C)(C)C. The number of aliphatic hydroxyl groups excluding tert-OH is 2. The molecule has 0 bridgehead atoms. The topological polar surface area (TPSA) is 40.5 Å². The summed E-state index contributed by atoms with van der Waals surface area (Å²) >= 11 is 0. The van der Waals surface area contributed by atoms with Crippen LogP contribution in [0.4, 0.5) is 0 Å². The molecule has 10 heavy (non-hydrogen) atoms. The van der Waals surface area contributed by atoms with Crippen LogP contribution < -0.4 is 0 Å².